The van der Waals surface area contributed by atoms with Gasteiger partial charge in [-0.15, -0.1) is 0 Å². The highest BCUT2D eigenvalue weighted by molar-refractivity contribution is 6.00. The van der Waals surface area contributed by atoms with E-state index in [9.17, 15) is 19.3 Å². The van der Waals surface area contributed by atoms with Crippen molar-refractivity contribution in [3.8, 4) is 5.75 Å². The van der Waals surface area contributed by atoms with E-state index < -0.39 is 10.7 Å². The van der Waals surface area contributed by atoms with Crippen molar-refractivity contribution >= 4 is 11.5 Å². The van der Waals surface area contributed by atoms with E-state index in [0.717, 1.165) is 0 Å². The molecule has 0 N–H and O–H groups in total. The number of carbonyl (C=O) groups excluding carboxylic acids is 1. The van der Waals surface area contributed by atoms with Gasteiger partial charge < -0.3 is 4.74 Å². The summed E-state index contributed by atoms with van der Waals surface area (Å²) in [6.07, 6.45) is -0.00801. The highest BCUT2D eigenvalue weighted by atomic mass is 19.1. The summed E-state index contributed by atoms with van der Waals surface area (Å²) in [4.78, 5) is 22.3. The smallest absolute Gasteiger partial charge is 0.273 e. The molecular weight excluding hydrogens is 277 g/mol. The van der Waals surface area contributed by atoms with Crippen molar-refractivity contribution < 1.29 is 18.8 Å². The van der Waals surface area contributed by atoms with Crippen LogP contribution < -0.4 is 4.74 Å². The van der Waals surface area contributed by atoms with Crippen LogP contribution >= 0.6 is 0 Å². The van der Waals surface area contributed by atoms with Gasteiger partial charge in [-0.1, -0.05) is 12.1 Å². The molecule has 2 aromatic carbocycles. The highest BCUT2D eigenvalue weighted by Crippen LogP contribution is 2.25. The van der Waals surface area contributed by atoms with Gasteiger partial charge in [0.1, 0.15) is 11.6 Å². The Morgan fingerprint density at radius 3 is 2.67 bits per heavy atom. The van der Waals surface area contributed by atoms with Crippen LogP contribution in [0.4, 0.5) is 10.1 Å². The summed E-state index contributed by atoms with van der Waals surface area (Å²) in [5.74, 6) is -0.589. The Labute approximate surface area is 120 Å². The summed E-state index contributed by atoms with van der Waals surface area (Å²) in [5, 5.41) is 10.7. The van der Waals surface area contributed by atoms with Crippen molar-refractivity contribution in [3.63, 3.8) is 0 Å². The lowest BCUT2D eigenvalue weighted by Gasteiger charge is -2.07. The lowest BCUT2D eigenvalue weighted by Crippen LogP contribution is -2.06. The fourth-order valence-electron chi connectivity index (χ4n) is 1.95. The molecule has 0 aliphatic carbocycles. The van der Waals surface area contributed by atoms with Gasteiger partial charge in [-0.05, 0) is 23.8 Å². The Morgan fingerprint density at radius 1 is 1.29 bits per heavy atom. The van der Waals surface area contributed by atoms with E-state index in [-0.39, 0.29) is 29.2 Å². The van der Waals surface area contributed by atoms with Crippen LogP contribution in [0.2, 0.25) is 0 Å². The molecule has 108 valence electrons. The molecule has 0 heterocycles. The first-order valence-electron chi connectivity index (χ1n) is 6.11. The number of hydrogen-bond acceptors (Lipinski definition) is 4. The largest absolute Gasteiger partial charge is 0.496 e. The summed E-state index contributed by atoms with van der Waals surface area (Å²) in [6, 6.07) is 9.50. The van der Waals surface area contributed by atoms with Crippen LogP contribution in [0.15, 0.2) is 42.5 Å². The number of Topliss-reactive ketones (excluding diaryl/α,β-unsaturated/α-hetero) is 1. The first-order chi connectivity index (χ1) is 10.0. The number of hydrogen-bond donors (Lipinski definition) is 0. The SMILES string of the molecule is COc1cc([N+](=O)[O-])ccc1C(=O)Cc1cccc(F)c1. The molecule has 0 fully saturated rings. The molecule has 0 atom stereocenters. The van der Waals surface area contributed by atoms with E-state index in [1.807, 2.05) is 0 Å². The van der Waals surface area contributed by atoms with Gasteiger partial charge in [0.05, 0.1) is 23.7 Å². The molecule has 21 heavy (non-hydrogen) atoms. The lowest BCUT2D eigenvalue weighted by atomic mass is 10.0. The average Bonchev–Trinajstić information content (AvgIpc) is 2.46. The fraction of sp³-hybridized carbons (Fsp3) is 0.133. The number of ketones is 1. The first kappa shape index (κ1) is 14.6. The third-order valence-corrected chi connectivity index (χ3v) is 2.95. The number of halogens is 1. The van der Waals surface area contributed by atoms with Crippen LogP contribution in [0, 0.1) is 15.9 Å². The lowest BCUT2D eigenvalue weighted by molar-refractivity contribution is -0.384. The number of ether oxygens (including phenoxy) is 1. The second kappa shape index (κ2) is 6.13. The monoisotopic (exact) mass is 289 g/mol. The van der Waals surface area contributed by atoms with Gasteiger partial charge >= 0.3 is 0 Å². The van der Waals surface area contributed by atoms with Crippen molar-refractivity contribution in [1.82, 2.24) is 0 Å². The summed E-state index contributed by atoms with van der Waals surface area (Å²) < 4.78 is 18.1. The predicted molar refractivity (Wildman–Crippen MR) is 74.1 cm³/mol. The van der Waals surface area contributed by atoms with E-state index >= 15 is 0 Å². The third kappa shape index (κ3) is 3.42. The van der Waals surface area contributed by atoms with Gasteiger partial charge in [-0.2, -0.15) is 0 Å². The van der Waals surface area contributed by atoms with E-state index in [2.05, 4.69) is 0 Å². The predicted octanol–water partition coefficient (Wildman–Crippen LogP) is 3.17. The molecule has 0 unspecified atom stereocenters. The standard InChI is InChI=1S/C15H12FNO4/c1-21-15-9-12(17(19)20)5-6-13(15)14(18)8-10-3-2-4-11(16)7-10/h2-7,9H,8H2,1H3. The molecule has 0 saturated heterocycles. The summed E-state index contributed by atoms with van der Waals surface area (Å²) >= 11 is 0. The zero-order valence-corrected chi connectivity index (χ0v) is 11.2. The minimum atomic E-state index is -0.566. The van der Waals surface area contributed by atoms with Crippen molar-refractivity contribution in [2.45, 2.75) is 6.42 Å². The van der Waals surface area contributed by atoms with Gasteiger partial charge in [-0.25, -0.2) is 4.39 Å². The minimum absolute atomic E-state index is 0.00801. The summed E-state index contributed by atoms with van der Waals surface area (Å²) in [6.45, 7) is 0. The summed E-state index contributed by atoms with van der Waals surface area (Å²) in [5.41, 5.74) is 0.599. The van der Waals surface area contributed by atoms with Crippen molar-refractivity contribution in [1.29, 1.82) is 0 Å². The molecule has 0 saturated carbocycles. The number of carbonyl (C=O) groups is 1. The second-order valence-electron chi connectivity index (χ2n) is 4.37. The van der Waals surface area contributed by atoms with Gasteiger partial charge in [0.2, 0.25) is 0 Å². The zero-order valence-electron chi connectivity index (χ0n) is 11.2. The Kier molecular flexibility index (Phi) is 4.27. The van der Waals surface area contributed by atoms with Crippen LogP contribution in [0.1, 0.15) is 15.9 Å². The number of nitrogens with zero attached hydrogens (tertiary/aromatic N) is 1. The number of nitro benzene ring substituents is 1. The van der Waals surface area contributed by atoms with Gasteiger partial charge in [-0.3, -0.25) is 14.9 Å². The van der Waals surface area contributed by atoms with Gasteiger partial charge in [0.25, 0.3) is 5.69 Å². The Hall–Kier alpha value is -2.76. The van der Waals surface area contributed by atoms with Crippen molar-refractivity contribution in [3.05, 3.63) is 69.5 Å². The van der Waals surface area contributed by atoms with Crippen LogP contribution in [0.25, 0.3) is 0 Å². The fourth-order valence-corrected chi connectivity index (χ4v) is 1.95. The van der Waals surface area contributed by atoms with Gasteiger partial charge in [0, 0.05) is 12.5 Å². The van der Waals surface area contributed by atoms with E-state index in [0.29, 0.717) is 5.56 Å². The highest BCUT2D eigenvalue weighted by Gasteiger charge is 2.17. The van der Waals surface area contributed by atoms with Crippen LogP contribution in [-0.4, -0.2) is 17.8 Å². The maximum Gasteiger partial charge on any atom is 0.273 e. The Morgan fingerprint density at radius 2 is 2.05 bits per heavy atom. The van der Waals surface area contributed by atoms with Gasteiger partial charge in [0.15, 0.2) is 5.78 Å². The zero-order chi connectivity index (χ0) is 15.4. The molecule has 0 spiro atoms. The normalized spacial score (nSPS) is 10.2. The molecule has 6 heteroatoms. The number of non-ortho nitro benzene ring substituents is 1. The minimum Gasteiger partial charge on any atom is -0.496 e. The molecule has 2 rings (SSSR count). The van der Waals surface area contributed by atoms with Crippen LogP contribution in [0.3, 0.4) is 0 Å². The quantitative estimate of drug-likeness (QED) is 0.481. The van der Waals surface area contributed by atoms with Crippen LogP contribution in [0.5, 0.6) is 5.75 Å². The van der Waals surface area contributed by atoms with Crippen LogP contribution in [-0.2, 0) is 6.42 Å². The number of nitro groups is 1. The number of methoxy groups -OCH3 is 1. The first-order valence-corrected chi connectivity index (χ1v) is 6.11. The third-order valence-electron chi connectivity index (χ3n) is 2.95. The Bertz CT molecular complexity index is 700. The van der Waals surface area contributed by atoms with E-state index in [4.69, 9.17) is 4.74 Å². The molecule has 2 aromatic rings. The van der Waals surface area contributed by atoms with Crippen molar-refractivity contribution in [2.24, 2.45) is 0 Å². The molecule has 0 aromatic heterocycles. The molecule has 0 aliphatic rings. The number of rotatable bonds is 5. The van der Waals surface area contributed by atoms with E-state index in [1.54, 1.807) is 6.07 Å². The molecule has 5 nitrogen and oxygen atoms in total. The Balaban J connectivity index is 2.28. The molecule has 0 amide bonds. The molecule has 0 radical (unpaired) electrons. The average molecular weight is 289 g/mol. The van der Waals surface area contributed by atoms with Crippen molar-refractivity contribution in [2.75, 3.05) is 7.11 Å². The molecular formula is C15H12FNO4. The summed E-state index contributed by atoms with van der Waals surface area (Å²) in [7, 11) is 1.33. The van der Waals surface area contributed by atoms with E-state index in [1.165, 1.54) is 43.5 Å². The second-order valence-corrected chi connectivity index (χ2v) is 4.37. The topological polar surface area (TPSA) is 69.4 Å². The molecule has 0 aliphatic heterocycles. The molecule has 0 bridgehead atoms. The maximum absolute atomic E-state index is 13.1. The number of benzene rings is 2. The maximum atomic E-state index is 13.1.